The van der Waals surface area contributed by atoms with E-state index in [1.54, 1.807) is 0 Å². The lowest BCUT2D eigenvalue weighted by Crippen LogP contribution is -2.52. The van der Waals surface area contributed by atoms with Crippen LogP contribution in [0.1, 0.15) is 69.8 Å². The largest absolute Gasteiger partial charge is 0.487 e. The number of amides is 1. The molecule has 1 saturated heterocycles. The summed E-state index contributed by atoms with van der Waals surface area (Å²) >= 11 is 0. The van der Waals surface area contributed by atoms with Crippen LogP contribution in [0.15, 0.2) is 24.3 Å². The van der Waals surface area contributed by atoms with Crippen molar-refractivity contribution < 1.29 is 9.53 Å². The number of para-hydroxylation sites is 1. The summed E-state index contributed by atoms with van der Waals surface area (Å²) in [6, 6.07) is 8.44. The van der Waals surface area contributed by atoms with Crippen molar-refractivity contribution in [3.8, 4) is 5.75 Å². The molecule has 3 fully saturated rings. The molecule has 5 rings (SSSR count). The summed E-state index contributed by atoms with van der Waals surface area (Å²) in [6.45, 7) is 1.76. The fourth-order valence-corrected chi connectivity index (χ4v) is 5.86. The number of hydrogen-bond acceptors (Lipinski definition) is 2. The van der Waals surface area contributed by atoms with E-state index >= 15 is 0 Å². The van der Waals surface area contributed by atoms with E-state index in [2.05, 4.69) is 29.2 Å². The highest BCUT2D eigenvalue weighted by atomic mass is 16.5. The number of rotatable bonds is 1. The molecule has 2 heterocycles. The molecule has 2 saturated carbocycles. The first kappa shape index (κ1) is 16.6. The standard InChI is InChI=1S/C23H31NO2/c25-21(19-6-11-22(12-7-19)9-3-10-22)24-16-14-23(15-17-24)13-8-18-4-1-2-5-20(18)26-23/h1-2,4-5,19H,3,6-17H2. The summed E-state index contributed by atoms with van der Waals surface area (Å²) in [6.07, 6.45) is 13.3. The Morgan fingerprint density at radius 2 is 1.69 bits per heavy atom. The Hall–Kier alpha value is -1.51. The zero-order valence-electron chi connectivity index (χ0n) is 15.8. The lowest BCUT2D eigenvalue weighted by Gasteiger charge is -2.48. The van der Waals surface area contributed by atoms with Crippen LogP contribution < -0.4 is 4.74 Å². The van der Waals surface area contributed by atoms with Gasteiger partial charge in [0.05, 0.1) is 0 Å². The lowest BCUT2D eigenvalue weighted by atomic mass is 9.59. The van der Waals surface area contributed by atoms with Gasteiger partial charge in [0.2, 0.25) is 5.91 Å². The number of carbonyl (C=O) groups is 1. The first-order valence-electron chi connectivity index (χ1n) is 10.7. The zero-order chi connectivity index (χ0) is 17.6. The number of aryl methyl sites for hydroxylation is 1. The second-order valence-corrected chi connectivity index (χ2v) is 9.35. The monoisotopic (exact) mass is 353 g/mol. The molecule has 3 heteroatoms. The van der Waals surface area contributed by atoms with Gasteiger partial charge in [0, 0.05) is 31.8 Å². The number of fused-ring (bicyclic) bond motifs is 1. The third-order valence-corrected chi connectivity index (χ3v) is 7.95. The second kappa shape index (κ2) is 6.28. The molecule has 26 heavy (non-hydrogen) atoms. The van der Waals surface area contributed by atoms with Crippen molar-refractivity contribution in [3.05, 3.63) is 29.8 Å². The zero-order valence-corrected chi connectivity index (χ0v) is 15.8. The molecule has 0 bridgehead atoms. The van der Waals surface area contributed by atoms with Gasteiger partial charge in [-0.25, -0.2) is 0 Å². The molecule has 140 valence electrons. The van der Waals surface area contributed by atoms with Crippen LogP contribution >= 0.6 is 0 Å². The quantitative estimate of drug-likeness (QED) is 0.730. The minimum Gasteiger partial charge on any atom is -0.487 e. The second-order valence-electron chi connectivity index (χ2n) is 9.35. The molecule has 0 N–H and O–H groups in total. The highest BCUT2D eigenvalue weighted by Crippen LogP contribution is 2.53. The normalized spacial score (nSPS) is 26.8. The predicted molar refractivity (Wildman–Crippen MR) is 102 cm³/mol. The third kappa shape index (κ3) is 2.84. The van der Waals surface area contributed by atoms with Gasteiger partial charge in [-0.2, -0.15) is 0 Å². The van der Waals surface area contributed by atoms with E-state index in [1.165, 1.54) is 37.7 Å². The number of benzene rings is 1. The molecule has 2 aliphatic carbocycles. The van der Waals surface area contributed by atoms with Gasteiger partial charge in [-0.1, -0.05) is 24.6 Å². The minimum atomic E-state index is -0.0340. The number of hydrogen-bond donors (Lipinski definition) is 0. The van der Waals surface area contributed by atoms with Crippen molar-refractivity contribution >= 4 is 5.91 Å². The summed E-state index contributed by atoms with van der Waals surface area (Å²) in [5.41, 5.74) is 1.95. The Labute approximate surface area is 157 Å². The highest BCUT2D eigenvalue weighted by Gasteiger charge is 2.44. The molecule has 2 aliphatic heterocycles. The van der Waals surface area contributed by atoms with Gasteiger partial charge in [0.1, 0.15) is 11.4 Å². The third-order valence-electron chi connectivity index (χ3n) is 7.95. The smallest absolute Gasteiger partial charge is 0.225 e. The van der Waals surface area contributed by atoms with E-state index in [0.717, 1.165) is 57.4 Å². The minimum absolute atomic E-state index is 0.0340. The van der Waals surface area contributed by atoms with Gasteiger partial charge in [-0.15, -0.1) is 0 Å². The van der Waals surface area contributed by atoms with Crippen LogP contribution in [0.25, 0.3) is 0 Å². The summed E-state index contributed by atoms with van der Waals surface area (Å²) in [7, 11) is 0. The Bertz CT molecular complexity index is 675. The van der Waals surface area contributed by atoms with E-state index in [0.29, 0.717) is 17.2 Å². The molecule has 0 unspecified atom stereocenters. The summed E-state index contributed by atoms with van der Waals surface area (Å²) in [5.74, 6) is 1.80. The van der Waals surface area contributed by atoms with Crippen molar-refractivity contribution in [1.82, 2.24) is 4.90 Å². The van der Waals surface area contributed by atoms with Crippen molar-refractivity contribution in [3.63, 3.8) is 0 Å². The van der Waals surface area contributed by atoms with E-state index < -0.39 is 0 Å². The van der Waals surface area contributed by atoms with Gasteiger partial charge in [0.25, 0.3) is 0 Å². The van der Waals surface area contributed by atoms with E-state index in [9.17, 15) is 4.79 Å². The van der Waals surface area contributed by atoms with E-state index in [1.807, 2.05) is 0 Å². The molecule has 1 aromatic carbocycles. The SMILES string of the molecule is O=C(C1CCC2(CCC2)CC1)N1CCC2(CCc3ccccc3O2)CC1. The van der Waals surface area contributed by atoms with Crippen LogP contribution in [0.5, 0.6) is 5.75 Å². The Morgan fingerprint density at radius 3 is 2.38 bits per heavy atom. The van der Waals surface area contributed by atoms with Crippen molar-refractivity contribution in [2.24, 2.45) is 11.3 Å². The van der Waals surface area contributed by atoms with Crippen molar-refractivity contribution in [1.29, 1.82) is 0 Å². The first-order chi connectivity index (χ1) is 12.7. The number of nitrogens with zero attached hydrogens (tertiary/aromatic N) is 1. The van der Waals surface area contributed by atoms with Crippen LogP contribution in [0.4, 0.5) is 0 Å². The van der Waals surface area contributed by atoms with E-state index in [-0.39, 0.29) is 5.60 Å². The van der Waals surface area contributed by atoms with E-state index in [4.69, 9.17) is 4.74 Å². The molecule has 3 nitrogen and oxygen atoms in total. The average molecular weight is 354 g/mol. The summed E-state index contributed by atoms with van der Waals surface area (Å²) < 4.78 is 6.45. The van der Waals surface area contributed by atoms with Crippen LogP contribution in [-0.4, -0.2) is 29.5 Å². The Kier molecular flexibility index (Phi) is 4.02. The van der Waals surface area contributed by atoms with Crippen molar-refractivity contribution in [2.75, 3.05) is 13.1 Å². The van der Waals surface area contributed by atoms with Crippen LogP contribution in [0, 0.1) is 11.3 Å². The molecule has 0 radical (unpaired) electrons. The van der Waals surface area contributed by atoms with Gasteiger partial charge >= 0.3 is 0 Å². The van der Waals surface area contributed by atoms with Crippen LogP contribution in [0.2, 0.25) is 0 Å². The van der Waals surface area contributed by atoms with Gasteiger partial charge in [-0.3, -0.25) is 4.79 Å². The fraction of sp³-hybridized carbons (Fsp3) is 0.696. The number of carbonyl (C=O) groups excluding carboxylic acids is 1. The molecule has 1 amide bonds. The first-order valence-corrected chi connectivity index (χ1v) is 10.7. The predicted octanol–water partition coefficient (Wildman–Crippen LogP) is 4.73. The molecule has 1 aromatic rings. The molecule has 0 atom stereocenters. The summed E-state index contributed by atoms with van der Waals surface area (Å²) in [4.78, 5) is 15.2. The average Bonchev–Trinajstić information content (AvgIpc) is 2.67. The Morgan fingerprint density at radius 1 is 0.962 bits per heavy atom. The lowest BCUT2D eigenvalue weighted by molar-refractivity contribution is -0.142. The maximum Gasteiger partial charge on any atom is 0.225 e. The van der Waals surface area contributed by atoms with Gasteiger partial charge < -0.3 is 9.64 Å². The number of piperidine rings is 1. The van der Waals surface area contributed by atoms with Crippen LogP contribution in [-0.2, 0) is 11.2 Å². The van der Waals surface area contributed by atoms with Gasteiger partial charge in [0.15, 0.2) is 0 Å². The van der Waals surface area contributed by atoms with Crippen molar-refractivity contribution in [2.45, 2.75) is 76.2 Å². The fourth-order valence-electron chi connectivity index (χ4n) is 5.86. The topological polar surface area (TPSA) is 29.5 Å². The molecular weight excluding hydrogens is 322 g/mol. The van der Waals surface area contributed by atoms with Crippen LogP contribution in [0.3, 0.4) is 0 Å². The van der Waals surface area contributed by atoms with Gasteiger partial charge in [-0.05, 0) is 68.4 Å². The highest BCUT2D eigenvalue weighted by molar-refractivity contribution is 5.79. The maximum absolute atomic E-state index is 13.0. The summed E-state index contributed by atoms with van der Waals surface area (Å²) in [5, 5.41) is 0. The molecule has 2 spiro atoms. The molecule has 4 aliphatic rings. The molecular formula is C23H31NO2. The molecule has 0 aromatic heterocycles. The number of ether oxygens (including phenoxy) is 1. The number of likely N-dealkylation sites (tertiary alicyclic amines) is 1. The maximum atomic E-state index is 13.0. The Balaban J connectivity index is 1.18.